The Kier molecular flexibility index (Phi) is 8.65. The van der Waals surface area contributed by atoms with Crippen LogP contribution in [0.2, 0.25) is 0 Å². The van der Waals surface area contributed by atoms with Crippen LogP contribution in [0.1, 0.15) is 64.7 Å². The maximum atomic E-state index is 10.5. The zero-order valence-corrected chi connectivity index (χ0v) is 15.2. The van der Waals surface area contributed by atoms with Crippen LogP contribution in [-0.4, -0.2) is 34.5 Å². The molecule has 2 aliphatic rings. The normalized spacial score (nSPS) is 29.8. The topological polar surface area (TPSA) is 76.0 Å². The van der Waals surface area contributed by atoms with Crippen molar-refractivity contribution in [3.05, 3.63) is 24.3 Å². The Balaban J connectivity index is 1.78. The molecule has 2 fully saturated rings. The van der Waals surface area contributed by atoms with E-state index in [1.165, 1.54) is 0 Å². The van der Waals surface area contributed by atoms with Gasteiger partial charge in [0.2, 0.25) is 0 Å². The van der Waals surface area contributed by atoms with Crippen molar-refractivity contribution in [2.45, 2.75) is 83.0 Å². The molecule has 5 nitrogen and oxygen atoms in total. The molecular weight excluding hydrogens is 320 g/mol. The van der Waals surface area contributed by atoms with Gasteiger partial charge in [0, 0.05) is 24.7 Å². The SMILES string of the molecule is CCCCC[C@H](O)C=CC1[C@@H](CC=CCCCC(=O)O)[C@@H]2C[C@H]1OO2. The molecule has 0 amide bonds. The molecule has 0 radical (unpaired) electrons. The summed E-state index contributed by atoms with van der Waals surface area (Å²) >= 11 is 0. The summed E-state index contributed by atoms with van der Waals surface area (Å²) in [5.74, 6) is -0.0912. The van der Waals surface area contributed by atoms with Crippen LogP contribution < -0.4 is 0 Å². The molecule has 0 spiro atoms. The highest BCUT2D eigenvalue weighted by Crippen LogP contribution is 2.44. The summed E-state index contributed by atoms with van der Waals surface area (Å²) in [5.41, 5.74) is 0. The molecule has 142 valence electrons. The first-order valence-corrected chi connectivity index (χ1v) is 9.67. The van der Waals surface area contributed by atoms with Gasteiger partial charge in [0.05, 0.1) is 12.2 Å². The Morgan fingerprint density at radius 3 is 2.76 bits per heavy atom. The molecule has 2 N–H and O–H groups in total. The van der Waals surface area contributed by atoms with Gasteiger partial charge in [-0.2, -0.15) is 0 Å². The van der Waals surface area contributed by atoms with Gasteiger partial charge in [-0.25, -0.2) is 9.78 Å². The standard InChI is InChI=1S/C20H32O5/c1-2-3-6-9-15(21)12-13-17-16(18-14-19(17)25-24-18)10-7-4-5-8-11-20(22)23/h4,7,12-13,15-19,21H,2-3,5-6,8-11,14H2,1H3,(H,22,23)/t15-,16+,17?,18-,19+/m0/s1. The average Bonchev–Trinajstić information content (AvgIpc) is 3.17. The minimum Gasteiger partial charge on any atom is -0.481 e. The van der Waals surface area contributed by atoms with Gasteiger partial charge in [-0.3, -0.25) is 4.79 Å². The number of fused-ring (bicyclic) bond motifs is 2. The predicted molar refractivity (Wildman–Crippen MR) is 95.9 cm³/mol. The molecule has 5 atom stereocenters. The second-order valence-electron chi connectivity index (χ2n) is 7.19. The monoisotopic (exact) mass is 352 g/mol. The molecular formula is C20H32O5. The summed E-state index contributed by atoms with van der Waals surface area (Å²) in [6.45, 7) is 2.16. The van der Waals surface area contributed by atoms with Crippen LogP contribution >= 0.6 is 0 Å². The lowest BCUT2D eigenvalue weighted by Gasteiger charge is -2.27. The molecule has 25 heavy (non-hydrogen) atoms. The maximum Gasteiger partial charge on any atom is 0.303 e. The summed E-state index contributed by atoms with van der Waals surface area (Å²) in [4.78, 5) is 21.3. The van der Waals surface area contributed by atoms with E-state index in [0.29, 0.717) is 12.3 Å². The molecule has 1 unspecified atom stereocenters. The summed E-state index contributed by atoms with van der Waals surface area (Å²) in [7, 11) is 0. The average molecular weight is 352 g/mol. The predicted octanol–water partition coefficient (Wildman–Crippen LogP) is 4.02. The number of aliphatic carboxylic acids is 1. The van der Waals surface area contributed by atoms with E-state index in [1.54, 1.807) is 0 Å². The summed E-state index contributed by atoms with van der Waals surface area (Å²) in [6, 6.07) is 0. The Morgan fingerprint density at radius 2 is 2.00 bits per heavy atom. The summed E-state index contributed by atoms with van der Waals surface area (Å²) in [6.07, 6.45) is 15.8. The molecule has 2 rings (SSSR count). The second kappa shape index (κ2) is 10.7. The molecule has 1 aliphatic carbocycles. The van der Waals surface area contributed by atoms with Crippen LogP contribution in [0.5, 0.6) is 0 Å². The number of carboxylic acid groups (broad SMARTS) is 1. The number of aliphatic hydroxyl groups excluding tert-OH is 1. The Hall–Kier alpha value is -1.17. The van der Waals surface area contributed by atoms with Crippen LogP contribution in [0, 0.1) is 11.8 Å². The van der Waals surface area contributed by atoms with E-state index in [0.717, 1.165) is 44.9 Å². The Morgan fingerprint density at radius 1 is 1.20 bits per heavy atom. The van der Waals surface area contributed by atoms with E-state index in [4.69, 9.17) is 14.9 Å². The third-order valence-electron chi connectivity index (χ3n) is 5.16. The summed E-state index contributed by atoms with van der Waals surface area (Å²) in [5, 5.41) is 18.7. The molecule has 5 heteroatoms. The highest BCUT2D eigenvalue weighted by atomic mass is 17.2. The first-order valence-electron chi connectivity index (χ1n) is 9.67. The number of carbonyl (C=O) groups is 1. The lowest BCUT2D eigenvalue weighted by molar-refractivity contribution is -0.336. The van der Waals surface area contributed by atoms with Gasteiger partial charge in [-0.15, -0.1) is 0 Å². The fourth-order valence-corrected chi connectivity index (χ4v) is 3.72. The molecule has 0 aromatic heterocycles. The van der Waals surface area contributed by atoms with Gasteiger partial charge >= 0.3 is 5.97 Å². The largest absolute Gasteiger partial charge is 0.481 e. The minimum absolute atomic E-state index is 0.0921. The van der Waals surface area contributed by atoms with Crippen molar-refractivity contribution in [1.29, 1.82) is 0 Å². The van der Waals surface area contributed by atoms with Crippen molar-refractivity contribution in [2.75, 3.05) is 0 Å². The lowest BCUT2D eigenvalue weighted by Crippen LogP contribution is -2.28. The third-order valence-corrected chi connectivity index (χ3v) is 5.16. The minimum atomic E-state index is -0.741. The summed E-state index contributed by atoms with van der Waals surface area (Å²) < 4.78 is 0. The van der Waals surface area contributed by atoms with Crippen LogP contribution in [0.4, 0.5) is 0 Å². The highest BCUT2D eigenvalue weighted by Gasteiger charge is 2.49. The van der Waals surface area contributed by atoms with Gasteiger partial charge in [-0.1, -0.05) is 50.5 Å². The van der Waals surface area contributed by atoms with E-state index in [-0.39, 0.29) is 30.7 Å². The zero-order valence-electron chi connectivity index (χ0n) is 15.2. The van der Waals surface area contributed by atoms with E-state index >= 15 is 0 Å². The molecule has 1 heterocycles. The van der Waals surface area contributed by atoms with E-state index < -0.39 is 5.97 Å². The smallest absolute Gasteiger partial charge is 0.303 e. The van der Waals surface area contributed by atoms with Crippen molar-refractivity contribution >= 4 is 5.97 Å². The van der Waals surface area contributed by atoms with E-state index in [1.807, 2.05) is 6.08 Å². The van der Waals surface area contributed by atoms with Crippen molar-refractivity contribution < 1.29 is 24.8 Å². The fraction of sp³-hybridized carbons (Fsp3) is 0.750. The number of rotatable bonds is 12. The van der Waals surface area contributed by atoms with Crippen molar-refractivity contribution in [1.82, 2.24) is 0 Å². The van der Waals surface area contributed by atoms with E-state index in [9.17, 15) is 9.90 Å². The van der Waals surface area contributed by atoms with E-state index in [2.05, 4.69) is 25.2 Å². The molecule has 0 aromatic carbocycles. The van der Waals surface area contributed by atoms with Crippen molar-refractivity contribution in [3.63, 3.8) is 0 Å². The van der Waals surface area contributed by atoms with Crippen molar-refractivity contribution in [2.24, 2.45) is 11.8 Å². The second-order valence-corrected chi connectivity index (χ2v) is 7.19. The third kappa shape index (κ3) is 6.57. The molecule has 0 aromatic rings. The Labute approximate surface area is 150 Å². The number of unbranched alkanes of at least 4 members (excludes halogenated alkanes) is 3. The maximum absolute atomic E-state index is 10.5. The highest BCUT2D eigenvalue weighted by molar-refractivity contribution is 5.66. The van der Waals surface area contributed by atoms with Gasteiger partial charge in [0.15, 0.2) is 0 Å². The van der Waals surface area contributed by atoms with Gasteiger partial charge in [0.1, 0.15) is 6.10 Å². The molecule has 1 saturated carbocycles. The van der Waals surface area contributed by atoms with Crippen molar-refractivity contribution in [3.8, 4) is 0 Å². The number of aliphatic hydroxyl groups is 1. The quantitative estimate of drug-likeness (QED) is 0.315. The molecule has 2 bridgehead atoms. The van der Waals surface area contributed by atoms with Crippen LogP contribution in [0.25, 0.3) is 0 Å². The number of allylic oxidation sites excluding steroid dienone is 2. The van der Waals surface area contributed by atoms with Gasteiger partial charge < -0.3 is 10.2 Å². The first-order chi connectivity index (χ1) is 12.1. The van der Waals surface area contributed by atoms with Gasteiger partial charge in [0.25, 0.3) is 0 Å². The van der Waals surface area contributed by atoms with Crippen LogP contribution in [0.15, 0.2) is 24.3 Å². The molecule has 1 saturated heterocycles. The first kappa shape index (κ1) is 20.1. The van der Waals surface area contributed by atoms with Crippen LogP contribution in [0.3, 0.4) is 0 Å². The van der Waals surface area contributed by atoms with Gasteiger partial charge in [-0.05, 0) is 25.7 Å². The number of hydrogen-bond acceptors (Lipinski definition) is 4. The number of hydrogen-bond donors (Lipinski definition) is 2. The van der Waals surface area contributed by atoms with Crippen LogP contribution in [-0.2, 0) is 14.6 Å². The number of carboxylic acids is 1. The zero-order chi connectivity index (χ0) is 18.1. The Bertz CT molecular complexity index is 459. The fourth-order valence-electron chi connectivity index (χ4n) is 3.72. The lowest BCUT2D eigenvalue weighted by atomic mass is 9.89. The molecule has 1 aliphatic heterocycles.